The molecule has 1 saturated heterocycles. The fourth-order valence-corrected chi connectivity index (χ4v) is 4.18. The number of benzene rings is 2. The summed E-state index contributed by atoms with van der Waals surface area (Å²) in [5.74, 6) is 0.158. The van der Waals surface area contributed by atoms with Crippen LogP contribution < -0.4 is 15.8 Å². The summed E-state index contributed by atoms with van der Waals surface area (Å²) in [6.07, 6.45) is 3.29. The highest BCUT2D eigenvalue weighted by atomic mass is 35.5. The second-order valence-corrected chi connectivity index (χ2v) is 8.68. The van der Waals surface area contributed by atoms with Gasteiger partial charge in [-0.25, -0.2) is 9.18 Å². The summed E-state index contributed by atoms with van der Waals surface area (Å²) in [5, 5.41) is 25.7. The zero-order valence-electron chi connectivity index (χ0n) is 17.8. The Balaban J connectivity index is 1.50. The number of carbonyl (C=O) groups excluding carboxylic acids is 1. The van der Waals surface area contributed by atoms with Gasteiger partial charge in [0.25, 0.3) is 0 Å². The van der Waals surface area contributed by atoms with Crippen molar-refractivity contribution in [1.29, 1.82) is 0 Å². The molecule has 32 heavy (non-hydrogen) atoms. The standard InChI is InChI=1S/C23H29ClFN3O4/c24-17-4-7-21(20(15-17)27-22(26)29)32-13-1-9-23(30)10-8-19(28(31)12-11-23)14-16-2-5-18(25)6-3-16/h2-7,15,19,30-31H,1,8-14H2,(H3,26,27,29). The number of halogens is 2. The summed E-state index contributed by atoms with van der Waals surface area (Å²) in [7, 11) is 0. The lowest BCUT2D eigenvalue weighted by atomic mass is 9.88. The maximum Gasteiger partial charge on any atom is 0.316 e. The minimum absolute atomic E-state index is 0.137. The number of aliphatic hydroxyl groups is 1. The van der Waals surface area contributed by atoms with E-state index in [-0.39, 0.29) is 11.9 Å². The van der Waals surface area contributed by atoms with Crippen LogP contribution in [0.4, 0.5) is 14.9 Å². The molecule has 5 N–H and O–H groups in total. The van der Waals surface area contributed by atoms with Crippen LogP contribution in [0.25, 0.3) is 0 Å². The van der Waals surface area contributed by atoms with Crippen molar-refractivity contribution >= 4 is 23.3 Å². The molecule has 1 fully saturated rings. The smallest absolute Gasteiger partial charge is 0.316 e. The molecule has 0 aromatic heterocycles. The van der Waals surface area contributed by atoms with Crippen molar-refractivity contribution in [1.82, 2.24) is 5.06 Å². The van der Waals surface area contributed by atoms with Crippen molar-refractivity contribution in [2.75, 3.05) is 18.5 Å². The third-order valence-electron chi connectivity index (χ3n) is 5.80. The number of nitrogens with zero attached hydrogens (tertiary/aromatic N) is 1. The number of urea groups is 1. The molecular weight excluding hydrogens is 437 g/mol. The molecule has 1 aliphatic heterocycles. The Bertz CT molecular complexity index is 915. The maximum atomic E-state index is 13.1. The highest BCUT2D eigenvalue weighted by Gasteiger charge is 2.33. The molecule has 0 spiro atoms. The van der Waals surface area contributed by atoms with Crippen LogP contribution in [-0.2, 0) is 6.42 Å². The Hall–Kier alpha value is -2.39. The molecule has 2 unspecified atom stereocenters. The molecule has 0 aliphatic carbocycles. The Morgan fingerprint density at radius 2 is 2.03 bits per heavy atom. The maximum absolute atomic E-state index is 13.1. The summed E-state index contributed by atoms with van der Waals surface area (Å²) in [5.41, 5.74) is 5.61. The predicted octanol–water partition coefficient (Wildman–Crippen LogP) is 4.35. The van der Waals surface area contributed by atoms with Crippen LogP contribution in [0.5, 0.6) is 5.75 Å². The number of hydrogen-bond acceptors (Lipinski definition) is 5. The molecule has 0 radical (unpaired) electrons. The van der Waals surface area contributed by atoms with Crippen molar-refractivity contribution in [2.45, 2.75) is 50.2 Å². The van der Waals surface area contributed by atoms with E-state index >= 15 is 0 Å². The molecule has 174 valence electrons. The lowest BCUT2D eigenvalue weighted by molar-refractivity contribution is -0.127. The zero-order valence-corrected chi connectivity index (χ0v) is 18.5. The average molecular weight is 466 g/mol. The molecule has 1 heterocycles. The van der Waals surface area contributed by atoms with Crippen LogP contribution in [0.3, 0.4) is 0 Å². The van der Waals surface area contributed by atoms with E-state index in [9.17, 15) is 19.5 Å². The van der Waals surface area contributed by atoms with Crippen LogP contribution in [0.2, 0.25) is 5.02 Å². The quantitative estimate of drug-likeness (QED) is 0.433. The van der Waals surface area contributed by atoms with Crippen LogP contribution in [0.15, 0.2) is 42.5 Å². The average Bonchev–Trinajstić information content (AvgIpc) is 2.88. The van der Waals surface area contributed by atoms with Gasteiger partial charge in [0, 0.05) is 17.6 Å². The first-order chi connectivity index (χ1) is 15.2. The van der Waals surface area contributed by atoms with Gasteiger partial charge >= 0.3 is 6.03 Å². The fourth-order valence-electron chi connectivity index (χ4n) is 4.01. The van der Waals surface area contributed by atoms with E-state index < -0.39 is 11.6 Å². The number of nitrogens with one attached hydrogen (secondary N) is 1. The molecule has 2 aromatic rings. The number of primary amides is 1. The molecule has 0 saturated carbocycles. The highest BCUT2D eigenvalue weighted by molar-refractivity contribution is 6.31. The Labute approximate surface area is 191 Å². The summed E-state index contributed by atoms with van der Waals surface area (Å²) < 4.78 is 18.9. The first-order valence-electron chi connectivity index (χ1n) is 10.7. The zero-order chi connectivity index (χ0) is 23.1. The van der Waals surface area contributed by atoms with Crippen LogP contribution in [-0.4, -0.2) is 46.2 Å². The fraction of sp³-hybridized carbons (Fsp3) is 0.435. The molecule has 0 bridgehead atoms. The Kier molecular flexibility index (Phi) is 8.31. The second kappa shape index (κ2) is 11.0. The highest BCUT2D eigenvalue weighted by Crippen LogP contribution is 2.31. The third-order valence-corrected chi connectivity index (χ3v) is 6.03. The van der Waals surface area contributed by atoms with Gasteiger partial charge in [0.15, 0.2) is 0 Å². The van der Waals surface area contributed by atoms with Crippen molar-refractivity contribution in [3.05, 3.63) is 58.9 Å². The van der Waals surface area contributed by atoms with Gasteiger partial charge < -0.3 is 26.1 Å². The third kappa shape index (κ3) is 7.06. The van der Waals surface area contributed by atoms with E-state index in [1.807, 2.05) is 0 Å². The lowest BCUT2D eigenvalue weighted by Gasteiger charge is -2.26. The van der Waals surface area contributed by atoms with Crippen molar-refractivity contribution < 1.29 is 24.2 Å². The number of anilines is 1. The molecule has 2 amide bonds. The van der Waals surface area contributed by atoms with E-state index in [0.29, 0.717) is 68.1 Å². The van der Waals surface area contributed by atoms with Crippen LogP contribution in [0, 0.1) is 5.82 Å². The van der Waals surface area contributed by atoms with E-state index in [2.05, 4.69) is 5.32 Å². The van der Waals surface area contributed by atoms with Crippen LogP contribution in [0.1, 0.15) is 37.7 Å². The number of amides is 2. The monoisotopic (exact) mass is 465 g/mol. The Morgan fingerprint density at radius 3 is 2.75 bits per heavy atom. The number of nitrogens with two attached hydrogens (primary N) is 1. The molecule has 2 aromatic carbocycles. The minimum atomic E-state index is -0.907. The summed E-state index contributed by atoms with van der Waals surface area (Å²) >= 11 is 5.96. The SMILES string of the molecule is NC(=O)Nc1cc(Cl)ccc1OCCCC1(O)CCC(Cc2ccc(F)cc2)N(O)CC1. The number of ether oxygens (including phenoxy) is 1. The lowest BCUT2D eigenvalue weighted by Crippen LogP contribution is -2.34. The summed E-state index contributed by atoms with van der Waals surface area (Å²) in [6, 6.07) is 10.3. The second-order valence-electron chi connectivity index (χ2n) is 8.24. The molecule has 7 nitrogen and oxygen atoms in total. The van der Waals surface area contributed by atoms with E-state index in [1.165, 1.54) is 17.2 Å². The predicted molar refractivity (Wildman–Crippen MR) is 121 cm³/mol. The molecular formula is C23H29ClFN3O4. The Morgan fingerprint density at radius 1 is 1.28 bits per heavy atom. The van der Waals surface area contributed by atoms with E-state index in [1.54, 1.807) is 30.3 Å². The van der Waals surface area contributed by atoms with Gasteiger partial charge in [-0.3, -0.25) is 0 Å². The van der Waals surface area contributed by atoms with Gasteiger partial charge in [0.2, 0.25) is 0 Å². The largest absolute Gasteiger partial charge is 0.491 e. The van der Waals surface area contributed by atoms with Gasteiger partial charge in [-0.05, 0) is 74.4 Å². The number of rotatable bonds is 8. The first-order valence-corrected chi connectivity index (χ1v) is 11.0. The van der Waals surface area contributed by atoms with Crippen LogP contribution >= 0.6 is 11.6 Å². The van der Waals surface area contributed by atoms with Gasteiger partial charge in [0.05, 0.1) is 17.9 Å². The van der Waals surface area contributed by atoms with Crippen molar-refractivity contribution in [3.63, 3.8) is 0 Å². The topological polar surface area (TPSA) is 108 Å². The number of hydroxylamine groups is 2. The van der Waals surface area contributed by atoms with Gasteiger partial charge in [0.1, 0.15) is 11.6 Å². The van der Waals surface area contributed by atoms with E-state index in [0.717, 1.165) is 5.56 Å². The first kappa shape index (κ1) is 24.3. The molecule has 1 aliphatic rings. The van der Waals surface area contributed by atoms with Crippen molar-refractivity contribution in [3.8, 4) is 5.75 Å². The normalized spacial score (nSPS) is 21.7. The van der Waals surface area contributed by atoms with Gasteiger partial charge in [-0.2, -0.15) is 5.06 Å². The van der Waals surface area contributed by atoms with Gasteiger partial charge in [-0.1, -0.05) is 23.7 Å². The van der Waals surface area contributed by atoms with Crippen molar-refractivity contribution in [2.24, 2.45) is 5.73 Å². The minimum Gasteiger partial charge on any atom is -0.491 e. The number of hydrogen-bond donors (Lipinski definition) is 4. The summed E-state index contributed by atoms with van der Waals surface area (Å²) in [4.78, 5) is 11.2. The van der Waals surface area contributed by atoms with E-state index in [4.69, 9.17) is 22.1 Å². The molecule has 9 heteroatoms. The molecule has 3 rings (SSSR count). The number of carbonyl (C=O) groups is 1. The molecule has 2 atom stereocenters. The summed E-state index contributed by atoms with van der Waals surface area (Å²) in [6.45, 7) is 0.687. The van der Waals surface area contributed by atoms with Gasteiger partial charge in [-0.15, -0.1) is 0 Å².